The summed E-state index contributed by atoms with van der Waals surface area (Å²) in [7, 11) is -4.19. The maximum absolute atomic E-state index is 12.5. The SMILES string of the molecule is O=C(NNC(=O)c1cccs1)c1ccc(NS(=O)(=O)c2ccc(O)c([N+](=O)[O-])c2)cc1. The molecule has 3 aromatic rings. The molecule has 0 aliphatic rings. The Balaban J connectivity index is 1.67. The van der Waals surface area contributed by atoms with E-state index in [1.165, 1.54) is 35.6 Å². The van der Waals surface area contributed by atoms with Gasteiger partial charge in [-0.1, -0.05) is 6.07 Å². The topological polar surface area (TPSA) is 168 Å². The van der Waals surface area contributed by atoms with E-state index in [-0.39, 0.29) is 11.3 Å². The lowest BCUT2D eigenvalue weighted by molar-refractivity contribution is -0.386. The van der Waals surface area contributed by atoms with Gasteiger partial charge < -0.3 is 5.11 Å². The van der Waals surface area contributed by atoms with E-state index in [2.05, 4.69) is 15.6 Å². The number of thiophene rings is 1. The lowest BCUT2D eigenvalue weighted by Gasteiger charge is -2.10. The quantitative estimate of drug-likeness (QED) is 0.322. The number of nitro groups is 1. The van der Waals surface area contributed by atoms with E-state index in [0.717, 1.165) is 18.2 Å². The Morgan fingerprint density at radius 3 is 2.29 bits per heavy atom. The van der Waals surface area contributed by atoms with E-state index in [9.17, 15) is 33.2 Å². The van der Waals surface area contributed by atoms with Gasteiger partial charge in [-0.2, -0.15) is 0 Å². The highest BCUT2D eigenvalue weighted by Gasteiger charge is 2.21. The van der Waals surface area contributed by atoms with E-state index in [4.69, 9.17) is 0 Å². The van der Waals surface area contributed by atoms with Crippen molar-refractivity contribution in [3.05, 3.63) is 80.5 Å². The summed E-state index contributed by atoms with van der Waals surface area (Å²) < 4.78 is 27.1. The summed E-state index contributed by atoms with van der Waals surface area (Å²) in [5.41, 5.74) is 4.00. The van der Waals surface area contributed by atoms with Crippen molar-refractivity contribution < 1.29 is 28.0 Å². The predicted octanol–water partition coefficient (Wildman–Crippen LogP) is 2.24. The number of benzene rings is 2. The van der Waals surface area contributed by atoms with E-state index in [0.29, 0.717) is 4.88 Å². The van der Waals surface area contributed by atoms with Crippen molar-refractivity contribution in [1.82, 2.24) is 10.9 Å². The second-order valence-corrected chi connectivity index (χ2v) is 8.61. The fraction of sp³-hybridized carbons (Fsp3) is 0. The van der Waals surface area contributed by atoms with Crippen LogP contribution in [-0.4, -0.2) is 30.3 Å². The number of phenolic OH excluding ortho intramolecular Hbond substituents is 1. The van der Waals surface area contributed by atoms with E-state index in [1.54, 1.807) is 17.5 Å². The summed E-state index contributed by atoms with van der Waals surface area (Å²) in [5, 5.41) is 22.1. The first kappa shape index (κ1) is 21.7. The molecule has 0 saturated carbocycles. The number of nitrogens with zero attached hydrogens (tertiary/aromatic N) is 1. The molecule has 3 rings (SSSR count). The molecule has 0 saturated heterocycles. The first-order valence-electron chi connectivity index (χ1n) is 8.42. The molecule has 1 heterocycles. The molecule has 0 radical (unpaired) electrons. The Hall–Kier alpha value is -3.97. The van der Waals surface area contributed by atoms with Gasteiger partial charge in [0.2, 0.25) is 0 Å². The van der Waals surface area contributed by atoms with E-state index >= 15 is 0 Å². The average Bonchev–Trinajstić information content (AvgIpc) is 3.27. The average molecular weight is 462 g/mol. The molecule has 31 heavy (non-hydrogen) atoms. The zero-order valence-electron chi connectivity index (χ0n) is 15.4. The van der Waals surface area contributed by atoms with Crippen LogP contribution in [0.25, 0.3) is 0 Å². The minimum Gasteiger partial charge on any atom is -0.502 e. The molecule has 2 aromatic carbocycles. The maximum atomic E-state index is 12.5. The fourth-order valence-corrected chi connectivity index (χ4v) is 4.07. The lowest BCUT2D eigenvalue weighted by Crippen LogP contribution is -2.41. The van der Waals surface area contributed by atoms with Gasteiger partial charge in [0.15, 0.2) is 5.75 Å². The number of sulfonamides is 1. The molecule has 0 fully saturated rings. The van der Waals surface area contributed by atoms with Crippen molar-refractivity contribution in [2.45, 2.75) is 4.90 Å². The summed E-state index contributed by atoms with van der Waals surface area (Å²) in [6.45, 7) is 0. The molecule has 0 unspecified atom stereocenters. The zero-order valence-corrected chi connectivity index (χ0v) is 17.1. The van der Waals surface area contributed by atoms with Crippen LogP contribution in [0.1, 0.15) is 20.0 Å². The molecule has 13 heteroatoms. The number of phenols is 1. The Labute approximate surface area is 179 Å². The molecule has 160 valence electrons. The molecule has 0 atom stereocenters. The number of hydrogen-bond donors (Lipinski definition) is 4. The smallest absolute Gasteiger partial charge is 0.312 e. The predicted molar refractivity (Wildman–Crippen MR) is 111 cm³/mol. The maximum Gasteiger partial charge on any atom is 0.312 e. The third kappa shape index (κ3) is 5.15. The van der Waals surface area contributed by atoms with Gasteiger partial charge in [0.1, 0.15) is 0 Å². The van der Waals surface area contributed by atoms with Crippen LogP contribution in [0.2, 0.25) is 0 Å². The van der Waals surface area contributed by atoms with Crippen molar-refractivity contribution in [3.63, 3.8) is 0 Å². The van der Waals surface area contributed by atoms with Gasteiger partial charge in [-0.3, -0.25) is 35.3 Å². The Morgan fingerprint density at radius 2 is 1.68 bits per heavy atom. The molecule has 0 aliphatic heterocycles. The molecule has 0 aliphatic carbocycles. The summed E-state index contributed by atoms with van der Waals surface area (Å²) in [4.78, 5) is 33.9. The minimum absolute atomic E-state index is 0.0925. The molecular weight excluding hydrogens is 448 g/mol. The fourth-order valence-electron chi connectivity index (χ4n) is 2.38. The number of carbonyl (C=O) groups excluding carboxylic acids is 2. The molecule has 11 nitrogen and oxygen atoms in total. The summed E-state index contributed by atoms with van der Waals surface area (Å²) in [6, 6.07) is 11.2. The van der Waals surface area contributed by atoms with Crippen LogP contribution in [-0.2, 0) is 10.0 Å². The molecule has 0 spiro atoms. The van der Waals surface area contributed by atoms with Crippen molar-refractivity contribution >= 4 is 44.5 Å². The van der Waals surface area contributed by atoms with E-state index < -0.39 is 43.1 Å². The summed E-state index contributed by atoms with van der Waals surface area (Å²) in [6.07, 6.45) is 0. The van der Waals surface area contributed by atoms with Crippen LogP contribution in [0.3, 0.4) is 0 Å². The monoisotopic (exact) mass is 462 g/mol. The number of carbonyl (C=O) groups is 2. The largest absolute Gasteiger partial charge is 0.502 e. The Morgan fingerprint density at radius 1 is 1.00 bits per heavy atom. The minimum atomic E-state index is -4.19. The number of rotatable bonds is 6. The van der Waals surface area contributed by atoms with Crippen LogP contribution >= 0.6 is 11.3 Å². The first-order valence-corrected chi connectivity index (χ1v) is 10.8. The number of nitrogens with one attached hydrogen (secondary N) is 3. The molecule has 1 aromatic heterocycles. The highest BCUT2D eigenvalue weighted by Crippen LogP contribution is 2.29. The van der Waals surface area contributed by atoms with Gasteiger partial charge in [0, 0.05) is 17.3 Å². The molecule has 0 bridgehead atoms. The Kier molecular flexibility index (Phi) is 6.17. The number of amides is 2. The normalized spacial score (nSPS) is 10.8. The summed E-state index contributed by atoms with van der Waals surface area (Å²) >= 11 is 1.21. The van der Waals surface area contributed by atoms with Crippen molar-refractivity contribution in [1.29, 1.82) is 0 Å². The first-order chi connectivity index (χ1) is 14.7. The Bertz CT molecular complexity index is 1240. The van der Waals surface area contributed by atoms with Gasteiger partial charge in [-0.05, 0) is 47.8 Å². The van der Waals surface area contributed by atoms with Crippen molar-refractivity contribution in [3.8, 4) is 5.75 Å². The standard InChI is InChI=1S/C18H14N4O7S2/c23-15-8-7-13(10-14(15)22(26)27)31(28,29)21-12-5-3-11(4-6-12)17(24)19-20-18(25)16-2-1-9-30-16/h1-10,21,23H,(H,19,24)(H,20,25). The van der Waals surface area contributed by atoms with Gasteiger partial charge in [0.25, 0.3) is 21.8 Å². The number of anilines is 1. The number of hydrazine groups is 1. The van der Waals surface area contributed by atoms with Crippen LogP contribution in [0.5, 0.6) is 5.75 Å². The van der Waals surface area contributed by atoms with E-state index in [1.807, 2.05) is 0 Å². The second kappa shape index (κ2) is 8.81. The van der Waals surface area contributed by atoms with Crippen LogP contribution < -0.4 is 15.6 Å². The van der Waals surface area contributed by atoms with Crippen molar-refractivity contribution in [2.24, 2.45) is 0 Å². The van der Waals surface area contributed by atoms with Gasteiger partial charge >= 0.3 is 5.69 Å². The number of aromatic hydroxyl groups is 1. The number of hydrogen-bond acceptors (Lipinski definition) is 8. The number of nitro benzene ring substituents is 1. The van der Waals surface area contributed by atoms with Crippen LogP contribution in [0.4, 0.5) is 11.4 Å². The van der Waals surface area contributed by atoms with Gasteiger partial charge in [-0.15, -0.1) is 11.3 Å². The van der Waals surface area contributed by atoms with Crippen LogP contribution in [0.15, 0.2) is 64.9 Å². The highest BCUT2D eigenvalue weighted by atomic mass is 32.2. The third-order valence-electron chi connectivity index (χ3n) is 3.89. The van der Waals surface area contributed by atoms with Gasteiger partial charge in [-0.25, -0.2) is 8.42 Å². The second-order valence-electron chi connectivity index (χ2n) is 5.98. The zero-order chi connectivity index (χ0) is 22.6. The molecule has 4 N–H and O–H groups in total. The molecular formula is C18H14N4O7S2. The summed E-state index contributed by atoms with van der Waals surface area (Å²) in [5.74, 6) is -1.75. The van der Waals surface area contributed by atoms with Gasteiger partial charge in [0.05, 0.1) is 14.7 Å². The molecule has 2 amide bonds. The highest BCUT2D eigenvalue weighted by molar-refractivity contribution is 7.92. The lowest BCUT2D eigenvalue weighted by atomic mass is 10.2. The third-order valence-corrected chi connectivity index (χ3v) is 6.14. The van der Waals surface area contributed by atoms with Crippen molar-refractivity contribution in [2.75, 3.05) is 4.72 Å². The van der Waals surface area contributed by atoms with Crippen LogP contribution in [0, 0.1) is 10.1 Å².